The Kier molecular flexibility index (Phi) is 9.07. The van der Waals surface area contributed by atoms with E-state index in [4.69, 9.17) is 4.74 Å². The molecule has 9 nitrogen and oxygen atoms in total. The first kappa shape index (κ1) is 31.6. The normalized spacial score (nSPS) is 17.6. The highest BCUT2D eigenvalue weighted by atomic mass is 32.2. The van der Waals surface area contributed by atoms with Gasteiger partial charge in [-0.3, -0.25) is 9.69 Å². The average molecular weight is 615 g/mol. The third kappa shape index (κ3) is 8.52. The van der Waals surface area contributed by atoms with Gasteiger partial charge in [-0.15, -0.1) is 0 Å². The van der Waals surface area contributed by atoms with E-state index < -0.39 is 69.8 Å². The van der Waals surface area contributed by atoms with E-state index >= 15 is 0 Å². The molecule has 0 atom stereocenters. The lowest BCUT2D eigenvalue weighted by Crippen LogP contribution is -2.52. The molecule has 1 aromatic carbocycles. The van der Waals surface area contributed by atoms with Gasteiger partial charge in [0.05, 0.1) is 10.8 Å². The zero-order chi connectivity index (χ0) is 30.1. The molecule has 1 N–H and O–H groups in total. The van der Waals surface area contributed by atoms with Gasteiger partial charge in [0, 0.05) is 38.3 Å². The van der Waals surface area contributed by atoms with E-state index in [0.717, 1.165) is 12.1 Å². The fourth-order valence-electron chi connectivity index (χ4n) is 3.61. The van der Waals surface area contributed by atoms with Crippen LogP contribution < -0.4 is 9.46 Å². The predicted octanol–water partition coefficient (Wildman–Crippen LogP) is 3.44. The number of nitrogens with zero attached hydrogens (tertiary/aromatic N) is 2. The first-order chi connectivity index (χ1) is 18.3. The van der Waals surface area contributed by atoms with Gasteiger partial charge in [-0.25, -0.2) is 17.9 Å². The third-order valence-electron chi connectivity index (χ3n) is 5.81. The van der Waals surface area contributed by atoms with Crippen LogP contribution >= 0.6 is 0 Å². The quantitative estimate of drug-likeness (QED) is 0.447. The summed E-state index contributed by atoms with van der Waals surface area (Å²) in [4.78, 5) is 26.1. The lowest BCUT2D eigenvalue weighted by Gasteiger charge is -2.35. The van der Waals surface area contributed by atoms with Gasteiger partial charge in [0.15, 0.2) is 6.61 Å². The third-order valence-corrected chi connectivity index (χ3v) is 7.67. The topological polar surface area (TPSA) is 105 Å². The van der Waals surface area contributed by atoms with Gasteiger partial charge in [0.2, 0.25) is 10.0 Å². The maximum atomic E-state index is 13.2. The SMILES string of the molecule is O=C(COc1cc(C(F)(F)F)ccc1CN1CCN(C(=O)OC(C(F)(F)F)C(F)(F)F)CC1)NS(=O)(=O)C1CC1. The molecule has 3 rings (SSSR count). The molecule has 0 bridgehead atoms. The molecule has 0 aromatic heterocycles. The lowest BCUT2D eigenvalue weighted by molar-refractivity contribution is -0.308. The molecule has 2 aliphatic rings. The number of rotatable bonds is 8. The van der Waals surface area contributed by atoms with Gasteiger partial charge < -0.3 is 14.4 Å². The number of halogens is 9. The second-order valence-corrected chi connectivity index (χ2v) is 10.9. The highest BCUT2D eigenvalue weighted by molar-refractivity contribution is 7.90. The van der Waals surface area contributed by atoms with Crippen molar-refractivity contribution in [1.82, 2.24) is 14.5 Å². The summed E-state index contributed by atoms with van der Waals surface area (Å²) < 4.78 is 150. The maximum absolute atomic E-state index is 13.2. The number of piperazine rings is 1. The molecule has 1 aliphatic carbocycles. The summed E-state index contributed by atoms with van der Waals surface area (Å²) in [5.41, 5.74) is -1.02. The van der Waals surface area contributed by atoms with Crippen LogP contribution in [0.15, 0.2) is 18.2 Å². The molecular weight excluding hydrogens is 593 g/mol. The first-order valence-corrected chi connectivity index (χ1v) is 13.0. The smallest absolute Gasteiger partial charge is 0.434 e. The average Bonchev–Trinajstić information content (AvgIpc) is 3.66. The van der Waals surface area contributed by atoms with Crippen LogP contribution in [0.2, 0.25) is 0 Å². The first-order valence-electron chi connectivity index (χ1n) is 11.5. The van der Waals surface area contributed by atoms with Crippen molar-refractivity contribution in [2.75, 3.05) is 32.8 Å². The zero-order valence-electron chi connectivity index (χ0n) is 20.2. The van der Waals surface area contributed by atoms with Crippen LogP contribution in [0.3, 0.4) is 0 Å². The number of benzene rings is 1. The highest BCUT2D eigenvalue weighted by Gasteiger charge is 2.60. The number of nitrogens with one attached hydrogen (secondary N) is 1. The molecular formula is C21H22F9N3O6S. The van der Waals surface area contributed by atoms with E-state index in [1.807, 2.05) is 0 Å². The van der Waals surface area contributed by atoms with E-state index in [-0.39, 0.29) is 38.3 Å². The number of carbonyl (C=O) groups is 2. The summed E-state index contributed by atoms with van der Waals surface area (Å²) in [5, 5.41) is -0.732. The summed E-state index contributed by atoms with van der Waals surface area (Å²) >= 11 is 0. The summed E-state index contributed by atoms with van der Waals surface area (Å²) in [6, 6.07) is 2.36. The Balaban J connectivity index is 1.63. The van der Waals surface area contributed by atoms with Crippen molar-refractivity contribution < 1.29 is 67.0 Å². The Morgan fingerprint density at radius 3 is 2.02 bits per heavy atom. The molecule has 0 unspecified atom stereocenters. The summed E-state index contributed by atoms with van der Waals surface area (Å²) in [7, 11) is -3.93. The van der Waals surface area contributed by atoms with Crippen molar-refractivity contribution >= 4 is 22.0 Å². The molecule has 19 heteroatoms. The van der Waals surface area contributed by atoms with Crippen molar-refractivity contribution in [2.45, 2.75) is 49.3 Å². The monoisotopic (exact) mass is 615 g/mol. The summed E-state index contributed by atoms with van der Waals surface area (Å²) in [6.07, 6.45) is -22.0. The molecule has 2 amide bonds. The van der Waals surface area contributed by atoms with Crippen LogP contribution in [0.25, 0.3) is 0 Å². The van der Waals surface area contributed by atoms with Crippen LogP contribution in [-0.2, 0) is 32.3 Å². The minimum Gasteiger partial charge on any atom is -0.483 e. The Hall–Kier alpha value is -2.96. The minimum atomic E-state index is -5.88. The van der Waals surface area contributed by atoms with Crippen LogP contribution in [-0.4, -0.2) is 86.7 Å². The number of alkyl halides is 9. The maximum Gasteiger partial charge on any atom is 0.434 e. The molecule has 2 fully saturated rings. The van der Waals surface area contributed by atoms with Crippen molar-refractivity contribution in [2.24, 2.45) is 0 Å². The zero-order valence-corrected chi connectivity index (χ0v) is 21.0. The molecule has 40 heavy (non-hydrogen) atoms. The van der Waals surface area contributed by atoms with Crippen LogP contribution in [0.4, 0.5) is 44.3 Å². The van der Waals surface area contributed by atoms with Crippen LogP contribution in [0.1, 0.15) is 24.0 Å². The van der Waals surface area contributed by atoms with Gasteiger partial charge >= 0.3 is 24.6 Å². The van der Waals surface area contributed by atoms with Crippen molar-refractivity contribution in [3.8, 4) is 5.75 Å². The largest absolute Gasteiger partial charge is 0.483 e. The molecule has 1 heterocycles. The number of carbonyl (C=O) groups excluding carboxylic acids is 2. The molecule has 0 spiro atoms. The van der Waals surface area contributed by atoms with E-state index in [1.54, 1.807) is 4.72 Å². The standard InChI is InChI=1S/C21H22F9N3O6S/c22-19(23,24)13-2-1-12(15(9-13)38-11-16(34)31-40(36,37)14-3-4-14)10-32-5-7-33(8-6-32)18(35)39-17(20(25,26)27)21(28,29)30/h1-2,9,14,17H,3-8,10-11H2,(H,31,34). The number of amides is 2. The fourth-order valence-corrected chi connectivity index (χ4v) is 4.91. The lowest BCUT2D eigenvalue weighted by atomic mass is 10.1. The highest BCUT2D eigenvalue weighted by Crippen LogP contribution is 2.36. The number of sulfonamides is 1. The molecule has 1 saturated carbocycles. The van der Waals surface area contributed by atoms with E-state index in [0.29, 0.717) is 23.8 Å². The van der Waals surface area contributed by atoms with Gasteiger partial charge in [-0.1, -0.05) is 6.07 Å². The van der Waals surface area contributed by atoms with Crippen LogP contribution in [0.5, 0.6) is 5.75 Å². The minimum absolute atomic E-state index is 0.107. The van der Waals surface area contributed by atoms with Crippen molar-refractivity contribution in [3.05, 3.63) is 29.3 Å². The Morgan fingerprint density at radius 2 is 1.52 bits per heavy atom. The Morgan fingerprint density at radius 1 is 0.950 bits per heavy atom. The molecule has 1 aliphatic heterocycles. The number of ether oxygens (including phenoxy) is 2. The second-order valence-electron chi connectivity index (χ2n) is 8.99. The van der Waals surface area contributed by atoms with E-state index in [1.165, 1.54) is 4.90 Å². The fraction of sp³-hybridized carbons (Fsp3) is 0.619. The summed E-state index contributed by atoms with van der Waals surface area (Å²) in [5.74, 6) is -1.52. The molecule has 1 saturated heterocycles. The van der Waals surface area contributed by atoms with Crippen LogP contribution in [0, 0.1) is 0 Å². The Bertz CT molecular complexity index is 1180. The molecule has 0 radical (unpaired) electrons. The van der Waals surface area contributed by atoms with E-state index in [2.05, 4.69) is 4.74 Å². The summed E-state index contributed by atoms with van der Waals surface area (Å²) in [6.45, 7) is -2.03. The predicted molar refractivity (Wildman–Crippen MR) is 116 cm³/mol. The van der Waals surface area contributed by atoms with Gasteiger partial charge in [0.1, 0.15) is 5.75 Å². The Labute approximate surface area is 221 Å². The second kappa shape index (κ2) is 11.5. The molecule has 226 valence electrons. The van der Waals surface area contributed by atoms with Gasteiger partial charge in [-0.05, 0) is 25.0 Å². The van der Waals surface area contributed by atoms with Gasteiger partial charge in [0.25, 0.3) is 12.0 Å². The molecule has 1 aromatic rings. The van der Waals surface area contributed by atoms with E-state index in [9.17, 15) is 57.5 Å². The van der Waals surface area contributed by atoms with Crippen molar-refractivity contribution in [1.29, 1.82) is 0 Å². The van der Waals surface area contributed by atoms with Gasteiger partial charge in [-0.2, -0.15) is 39.5 Å². The van der Waals surface area contributed by atoms with Crippen molar-refractivity contribution in [3.63, 3.8) is 0 Å². The number of hydrogen-bond acceptors (Lipinski definition) is 7. The number of hydrogen-bond donors (Lipinski definition) is 1.